The highest BCUT2D eigenvalue weighted by atomic mass is 35.5. The van der Waals surface area contributed by atoms with Crippen LogP contribution in [0.3, 0.4) is 0 Å². The fourth-order valence-electron chi connectivity index (χ4n) is 1.77. The van der Waals surface area contributed by atoms with E-state index >= 15 is 0 Å². The summed E-state index contributed by atoms with van der Waals surface area (Å²) in [6, 6.07) is 10.9. The van der Waals surface area contributed by atoms with Gasteiger partial charge in [0.15, 0.2) is 5.78 Å². The molecular formula is C14H16ClNO2. The van der Waals surface area contributed by atoms with Gasteiger partial charge in [0.2, 0.25) is 0 Å². The Morgan fingerprint density at radius 1 is 1.17 bits per heavy atom. The van der Waals surface area contributed by atoms with Gasteiger partial charge < -0.3 is 10.5 Å². The van der Waals surface area contributed by atoms with Crippen LogP contribution in [0.1, 0.15) is 17.3 Å². The van der Waals surface area contributed by atoms with Gasteiger partial charge in [-0.3, -0.25) is 4.79 Å². The molecule has 2 aromatic carbocycles. The molecule has 96 valence electrons. The third-order valence-electron chi connectivity index (χ3n) is 2.75. The van der Waals surface area contributed by atoms with Crippen molar-refractivity contribution in [2.45, 2.75) is 13.0 Å². The van der Waals surface area contributed by atoms with Gasteiger partial charge in [0.1, 0.15) is 5.75 Å². The second-order valence-electron chi connectivity index (χ2n) is 4.08. The highest BCUT2D eigenvalue weighted by molar-refractivity contribution is 6.02. The number of Topliss-reactive ketones (excluding diaryl/α,β-unsaturated/α-hetero) is 1. The summed E-state index contributed by atoms with van der Waals surface area (Å²) in [7, 11) is 1.63. The van der Waals surface area contributed by atoms with Gasteiger partial charge in [-0.15, -0.1) is 12.4 Å². The first kappa shape index (κ1) is 14.5. The maximum Gasteiger partial charge on any atom is 0.179 e. The molecule has 0 bridgehead atoms. The molecule has 0 saturated carbocycles. The minimum Gasteiger partial charge on any atom is -0.497 e. The molecule has 0 amide bonds. The lowest BCUT2D eigenvalue weighted by molar-refractivity contribution is 0.0968. The molecule has 18 heavy (non-hydrogen) atoms. The van der Waals surface area contributed by atoms with Crippen LogP contribution < -0.4 is 10.5 Å². The highest BCUT2D eigenvalue weighted by Gasteiger charge is 2.10. The Balaban J connectivity index is 0.00000162. The van der Waals surface area contributed by atoms with E-state index in [-0.39, 0.29) is 18.2 Å². The Hall–Kier alpha value is -1.58. The molecule has 3 nitrogen and oxygen atoms in total. The summed E-state index contributed by atoms with van der Waals surface area (Å²) >= 11 is 0. The Morgan fingerprint density at radius 3 is 2.39 bits per heavy atom. The number of hydrogen-bond donors (Lipinski definition) is 1. The summed E-state index contributed by atoms with van der Waals surface area (Å²) in [5, 5.41) is 2.06. The van der Waals surface area contributed by atoms with Gasteiger partial charge in [-0.1, -0.05) is 18.2 Å². The highest BCUT2D eigenvalue weighted by Crippen LogP contribution is 2.22. The molecule has 0 aliphatic carbocycles. The van der Waals surface area contributed by atoms with Crippen molar-refractivity contribution in [3.8, 4) is 5.75 Å². The molecule has 0 fully saturated rings. The Kier molecular flexibility index (Phi) is 4.70. The average Bonchev–Trinajstić information content (AvgIpc) is 2.36. The summed E-state index contributed by atoms with van der Waals surface area (Å²) in [4.78, 5) is 11.8. The van der Waals surface area contributed by atoms with E-state index in [4.69, 9.17) is 10.5 Å². The monoisotopic (exact) mass is 265 g/mol. The van der Waals surface area contributed by atoms with E-state index in [2.05, 4.69) is 0 Å². The standard InChI is InChI=1S/C14H15NO2.ClH/c1-9(15)14(16)12-4-3-11-8-13(17-2)6-5-10(11)7-12;/h3-9H,15H2,1-2H3;1H. The topological polar surface area (TPSA) is 52.3 Å². The third-order valence-corrected chi connectivity index (χ3v) is 2.75. The number of carbonyl (C=O) groups excluding carboxylic acids is 1. The minimum atomic E-state index is -0.467. The van der Waals surface area contributed by atoms with Crippen molar-refractivity contribution in [3.63, 3.8) is 0 Å². The zero-order valence-electron chi connectivity index (χ0n) is 10.3. The van der Waals surface area contributed by atoms with Crippen LogP contribution in [0, 0.1) is 0 Å². The number of halogens is 1. The van der Waals surface area contributed by atoms with Crippen LogP contribution in [0.4, 0.5) is 0 Å². The van der Waals surface area contributed by atoms with Crippen molar-refractivity contribution in [1.82, 2.24) is 0 Å². The molecule has 0 saturated heterocycles. The van der Waals surface area contributed by atoms with Crippen LogP contribution in [0.25, 0.3) is 10.8 Å². The molecule has 0 spiro atoms. The lowest BCUT2D eigenvalue weighted by atomic mass is 10.0. The first-order valence-electron chi connectivity index (χ1n) is 5.49. The van der Waals surface area contributed by atoms with Crippen molar-refractivity contribution < 1.29 is 9.53 Å². The zero-order chi connectivity index (χ0) is 12.4. The average molecular weight is 266 g/mol. The Morgan fingerprint density at radius 2 is 1.78 bits per heavy atom. The number of rotatable bonds is 3. The summed E-state index contributed by atoms with van der Waals surface area (Å²) in [5.74, 6) is 0.770. The number of ether oxygens (including phenoxy) is 1. The van der Waals surface area contributed by atoms with E-state index < -0.39 is 6.04 Å². The summed E-state index contributed by atoms with van der Waals surface area (Å²) in [5.41, 5.74) is 6.24. The van der Waals surface area contributed by atoms with Gasteiger partial charge in [0, 0.05) is 5.56 Å². The van der Waals surface area contributed by atoms with Gasteiger partial charge >= 0.3 is 0 Å². The molecular weight excluding hydrogens is 250 g/mol. The van der Waals surface area contributed by atoms with Gasteiger partial charge in [0.25, 0.3) is 0 Å². The summed E-state index contributed by atoms with van der Waals surface area (Å²) in [6.45, 7) is 1.69. The van der Waals surface area contributed by atoms with Crippen LogP contribution in [0.2, 0.25) is 0 Å². The van der Waals surface area contributed by atoms with Crippen molar-refractivity contribution in [1.29, 1.82) is 0 Å². The van der Waals surface area contributed by atoms with E-state index in [1.54, 1.807) is 20.1 Å². The van der Waals surface area contributed by atoms with Crippen molar-refractivity contribution in [3.05, 3.63) is 42.0 Å². The maximum absolute atomic E-state index is 11.8. The molecule has 0 heterocycles. The Labute approximate surface area is 112 Å². The van der Waals surface area contributed by atoms with Crippen LogP contribution >= 0.6 is 12.4 Å². The lowest BCUT2D eigenvalue weighted by Crippen LogP contribution is -2.26. The molecule has 2 rings (SSSR count). The molecule has 0 aliphatic rings. The van der Waals surface area contributed by atoms with Crippen molar-refractivity contribution in [2.75, 3.05) is 7.11 Å². The number of ketones is 1. The van der Waals surface area contributed by atoms with Crippen LogP contribution in [-0.4, -0.2) is 18.9 Å². The molecule has 1 unspecified atom stereocenters. The van der Waals surface area contributed by atoms with Gasteiger partial charge in [-0.05, 0) is 35.9 Å². The smallest absolute Gasteiger partial charge is 0.179 e. The molecule has 2 aromatic rings. The largest absolute Gasteiger partial charge is 0.497 e. The number of hydrogen-bond acceptors (Lipinski definition) is 3. The number of fused-ring (bicyclic) bond motifs is 1. The first-order valence-corrected chi connectivity index (χ1v) is 5.49. The van der Waals surface area contributed by atoms with E-state index in [1.807, 2.05) is 30.3 Å². The molecule has 0 aromatic heterocycles. The summed E-state index contributed by atoms with van der Waals surface area (Å²) in [6.07, 6.45) is 0. The van der Waals surface area contributed by atoms with Gasteiger partial charge in [0.05, 0.1) is 13.2 Å². The van der Waals surface area contributed by atoms with Crippen LogP contribution in [0.15, 0.2) is 36.4 Å². The van der Waals surface area contributed by atoms with Gasteiger partial charge in [-0.25, -0.2) is 0 Å². The Bertz CT molecular complexity index is 567. The van der Waals surface area contributed by atoms with E-state index in [9.17, 15) is 4.79 Å². The summed E-state index contributed by atoms with van der Waals surface area (Å²) < 4.78 is 5.15. The van der Waals surface area contributed by atoms with Crippen molar-refractivity contribution in [2.24, 2.45) is 5.73 Å². The number of benzene rings is 2. The van der Waals surface area contributed by atoms with Gasteiger partial charge in [-0.2, -0.15) is 0 Å². The third kappa shape index (κ3) is 2.81. The van der Waals surface area contributed by atoms with Crippen LogP contribution in [0.5, 0.6) is 5.75 Å². The fraction of sp³-hybridized carbons (Fsp3) is 0.214. The van der Waals surface area contributed by atoms with Crippen molar-refractivity contribution >= 4 is 29.0 Å². The lowest BCUT2D eigenvalue weighted by Gasteiger charge is -2.07. The predicted octanol–water partition coefficient (Wildman–Crippen LogP) is 2.80. The fourth-order valence-corrected chi connectivity index (χ4v) is 1.77. The molecule has 2 N–H and O–H groups in total. The molecule has 1 atom stereocenters. The van der Waals surface area contributed by atoms with E-state index in [1.165, 1.54) is 0 Å². The van der Waals surface area contributed by atoms with E-state index in [0.717, 1.165) is 16.5 Å². The number of nitrogens with two attached hydrogens (primary N) is 1. The second-order valence-corrected chi connectivity index (χ2v) is 4.08. The SMILES string of the molecule is COc1ccc2cc(C(=O)C(C)N)ccc2c1.Cl. The quantitative estimate of drug-likeness (QED) is 0.869. The van der Waals surface area contributed by atoms with Crippen LogP contribution in [-0.2, 0) is 0 Å². The molecule has 0 aliphatic heterocycles. The first-order chi connectivity index (χ1) is 8.11. The normalized spacial score (nSPS) is 11.7. The number of methoxy groups -OCH3 is 1. The second kappa shape index (κ2) is 5.85. The molecule has 4 heteroatoms. The van der Waals surface area contributed by atoms with E-state index in [0.29, 0.717) is 5.56 Å². The predicted molar refractivity (Wildman–Crippen MR) is 75.7 cm³/mol. The maximum atomic E-state index is 11.8. The number of carbonyl (C=O) groups is 1. The molecule has 0 radical (unpaired) electrons. The minimum absolute atomic E-state index is 0. The zero-order valence-corrected chi connectivity index (χ0v) is 11.2.